The zero-order chi connectivity index (χ0) is 14.3. The smallest absolute Gasteiger partial charge is 0.335 e. The molecule has 0 saturated heterocycles. The Morgan fingerprint density at radius 1 is 1.30 bits per heavy atom. The van der Waals surface area contributed by atoms with Gasteiger partial charge in [0.25, 0.3) is 0 Å². The Hall–Kier alpha value is -2.21. The van der Waals surface area contributed by atoms with Crippen molar-refractivity contribution < 1.29 is 9.90 Å². The second-order valence-corrected chi connectivity index (χ2v) is 5.28. The van der Waals surface area contributed by atoms with Gasteiger partial charge in [0.15, 0.2) is 5.82 Å². The molecule has 0 bridgehead atoms. The number of hydrogen-bond donors (Lipinski definition) is 1. The van der Waals surface area contributed by atoms with Crippen LogP contribution < -0.4 is 0 Å². The second-order valence-electron chi connectivity index (χ2n) is 4.36. The Morgan fingerprint density at radius 2 is 2.10 bits per heavy atom. The number of aryl methyl sites for hydroxylation is 1. The van der Waals surface area contributed by atoms with Crippen LogP contribution in [0, 0.1) is 0 Å². The summed E-state index contributed by atoms with van der Waals surface area (Å²) in [7, 11) is 1.88. The lowest BCUT2D eigenvalue weighted by molar-refractivity contribution is 0.0697. The van der Waals surface area contributed by atoms with Gasteiger partial charge in [0.2, 0.25) is 0 Å². The molecule has 2 aromatic heterocycles. The lowest BCUT2D eigenvalue weighted by Gasteiger charge is -2.01. The molecule has 0 amide bonds. The molecule has 3 aromatic rings. The molecular weight excluding hydrogens is 322 g/mol. The van der Waals surface area contributed by atoms with Gasteiger partial charge in [-0.3, -0.25) is 4.98 Å². The van der Waals surface area contributed by atoms with Crippen LogP contribution in [0.5, 0.6) is 0 Å². The van der Waals surface area contributed by atoms with Gasteiger partial charge in [0.1, 0.15) is 5.69 Å². The molecule has 0 spiro atoms. The predicted octanol–water partition coefficient (Wildman–Crippen LogP) is 3.10. The van der Waals surface area contributed by atoms with Gasteiger partial charge < -0.3 is 9.67 Å². The van der Waals surface area contributed by atoms with E-state index < -0.39 is 5.97 Å². The Balaban J connectivity index is 2.19. The first-order chi connectivity index (χ1) is 9.56. The van der Waals surface area contributed by atoms with E-state index in [1.54, 1.807) is 24.4 Å². The molecule has 1 N–H and O–H groups in total. The molecule has 2 heterocycles. The number of fused-ring (bicyclic) bond motifs is 1. The number of pyridine rings is 1. The zero-order valence-corrected chi connectivity index (χ0v) is 12.1. The first kappa shape index (κ1) is 12.8. The number of hydrogen-bond acceptors (Lipinski definition) is 3. The Labute approximate surface area is 123 Å². The summed E-state index contributed by atoms with van der Waals surface area (Å²) in [6.07, 6.45) is 1.71. The molecule has 1 aromatic carbocycles. The minimum absolute atomic E-state index is 0.228. The molecule has 0 fully saturated rings. The number of benzene rings is 1. The van der Waals surface area contributed by atoms with Crippen LogP contribution >= 0.6 is 15.9 Å². The van der Waals surface area contributed by atoms with Crippen LogP contribution in [0.25, 0.3) is 22.6 Å². The number of carboxylic acid groups (broad SMARTS) is 1. The van der Waals surface area contributed by atoms with Crippen LogP contribution in [0.4, 0.5) is 0 Å². The molecule has 3 rings (SSSR count). The fraction of sp³-hybridized carbons (Fsp3) is 0.0714. The molecule has 0 unspecified atom stereocenters. The number of imidazole rings is 1. The van der Waals surface area contributed by atoms with E-state index in [4.69, 9.17) is 5.11 Å². The summed E-state index contributed by atoms with van der Waals surface area (Å²) >= 11 is 3.34. The average Bonchev–Trinajstić information content (AvgIpc) is 2.76. The molecule has 5 nitrogen and oxygen atoms in total. The highest BCUT2D eigenvalue weighted by molar-refractivity contribution is 9.10. The first-order valence-corrected chi connectivity index (χ1v) is 6.67. The summed E-state index contributed by atoms with van der Waals surface area (Å²) in [5, 5.41) is 9.02. The van der Waals surface area contributed by atoms with Crippen molar-refractivity contribution in [3.63, 3.8) is 0 Å². The SMILES string of the molecule is Cn1c(-c2ccc(Br)cn2)nc2cc(C(=O)O)ccc21. The van der Waals surface area contributed by atoms with Gasteiger partial charge in [-0.25, -0.2) is 9.78 Å². The molecule has 0 aliphatic carbocycles. The van der Waals surface area contributed by atoms with Crippen molar-refractivity contribution in [2.24, 2.45) is 7.05 Å². The van der Waals surface area contributed by atoms with Crippen molar-refractivity contribution >= 4 is 32.9 Å². The van der Waals surface area contributed by atoms with E-state index in [0.29, 0.717) is 11.3 Å². The van der Waals surface area contributed by atoms with Gasteiger partial charge in [-0.05, 0) is 46.3 Å². The van der Waals surface area contributed by atoms with Crippen molar-refractivity contribution in [1.82, 2.24) is 14.5 Å². The molecule has 20 heavy (non-hydrogen) atoms. The number of halogens is 1. The maximum atomic E-state index is 11.0. The molecule has 0 radical (unpaired) electrons. The minimum Gasteiger partial charge on any atom is -0.478 e. The first-order valence-electron chi connectivity index (χ1n) is 5.88. The predicted molar refractivity (Wildman–Crippen MR) is 78.6 cm³/mol. The summed E-state index contributed by atoms with van der Waals surface area (Å²) in [6, 6.07) is 8.66. The van der Waals surface area contributed by atoms with Crippen LogP contribution in [0.3, 0.4) is 0 Å². The number of carbonyl (C=O) groups is 1. The van der Waals surface area contributed by atoms with Crippen LogP contribution in [-0.4, -0.2) is 25.6 Å². The number of aromatic nitrogens is 3. The molecule has 0 atom stereocenters. The number of aromatic carboxylic acids is 1. The molecule has 6 heteroatoms. The van der Waals surface area contributed by atoms with Gasteiger partial charge in [-0.15, -0.1) is 0 Å². The van der Waals surface area contributed by atoms with E-state index in [2.05, 4.69) is 25.9 Å². The lowest BCUT2D eigenvalue weighted by atomic mass is 10.2. The third-order valence-corrected chi connectivity index (χ3v) is 3.55. The fourth-order valence-corrected chi connectivity index (χ4v) is 2.30. The van der Waals surface area contributed by atoms with E-state index in [0.717, 1.165) is 15.7 Å². The van der Waals surface area contributed by atoms with Crippen molar-refractivity contribution in [3.05, 3.63) is 46.6 Å². The van der Waals surface area contributed by atoms with Crippen LogP contribution in [0.2, 0.25) is 0 Å². The topological polar surface area (TPSA) is 68.0 Å². The van der Waals surface area contributed by atoms with Crippen molar-refractivity contribution in [1.29, 1.82) is 0 Å². The van der Waals surface area contributed by atoms with Gasteiger partial charge in [-0.2, -0.15) is 0 Å². The molecule has 0 saturated carbocycles. The maximum absolute atomic E-state index is 11.0. The second kappa shape index (κ2) is 4.72. The zero-order valence-electron chi connectivity index (χ0n) is 10.5. The van der Waals surface area contributed by atoms with E-state index in [9.17, 15) is 4.79 Å². The summed E-state index contributed by atoms with van der Waals surface area (Å²) in [6.45, 7) is 0. The highest BCUT2D eigenvalue weighted by Gasteiger charge is 2.13. The third-order valence-electron chi connectivity index (χ3n) is 3.08. The van der Waals surface area contributed by atoms with Gasteiger partial charge in [-0.1, -0.05) is 0 Å². The fourth-order valence-electron chi connectivity index (χ4n) is 2.07. The van der Waals surface area contributed by atoms with Gasteiger partial charge in [0, 0.05) is 17.7 Å². The summed E-state index contributed by atoms with van der Waals surface area (Å²) in [5.41, 5.74) is 2.48. The van der Waals surface area contributed by atoms with E-state index in [1.807, 2.05) is 23.7 Å². The highest BCUT2D eigenvalue weighted by Crippen LogP contribution is 2.23. The largest absolute Gasteiger partial charge is 0.478 e. The quantitative estimate of drug-likeness (QED) is 0.783. The number of nitrogens with zero attached hydrogens (tertiary/aromatic N) is 3. The number of carboxylic acids is 1. The lowest BCUT2D eigenvalue weighted by Crippen LogP contribution is -1.96. The highest BCUT2D eigenvalue weighted by atomic mass is 79.9. The van der Waals surface area contributed by atoms with Crippen molar-refractivity contribution in [2.45, 2.75) is 0 Å². The van der Waals surface area contributed by atoms with E-state index in [1.165, 1.54) is 0 Å². The molecule has 0 aliphatic heterocycles. The Bertz CT molecular complexity index is 809. The van der Waals surface area contributed by atoms with Crippen LogP contribution in [0.15, 0.2) is 41.0 Å². The van der Waals surface area contributed by atoms with E-state index in [-0.39, 0.29) is 5.56 Å². The molecule has 0 aliphatic rings. The van der Waals surface area contributed by atoms with E-state index >= 15 is 0 Å². The standard InChI is InChI=1S/C14H10BrN3O2/c1-18-12-5-2-8(14(19)20)6-11(12)17-13(18)10-4-3-9(15)7-16-10/h2-7H,1H3,(H,19,20). The average molecular weight is 332 g/mol. The molecule has 100 valence electrons. The third kappa shape index (κ3) is 2.08. The molecular formula is C14H10BrN3O2. The van der Waals surface area contributed by atoms with Gasteiger partial charge >= 0.3 is 5.97 Å². The summed E-state index contributed by atoms with van der Waals surface area (Å²) in [5.74, 6) is -0.254. The summed E-state index contributed by atoms with van der Waals surface area (Å²) in [4.78, 5) is 19.8. The monoisotopic (exact) mass is 331 g/mol. The van der Waals surface area contributed by atoms with Crippen molar-refractivity contribution in [2.75, 3.05) is 0 Å². The minimum atomic E-state index is -0.958. The van der Waals surface area contributed by atoms with Gasteiger partial charge in [0.05, 0.1) is 16.6 Å². The summed E-state index contributed by atoms with van der Waals surface area (Å²) < 4.78 is 2.80. The Morgan fingerprint density at radius 3 is 2.75 bits per heavy atom. The maximum Gasteiger partial charge on any atom is 0.335 e. The van der Waals surface area contributed by atoms with Crippen LogP contribution in [0.1, 0.15) is 10.4 Å². The van der Waals surface area contributed by atoms with Crippen molar-refractivity contribution in [3.8, 4) is 11.5 Å². The van der Waals surface area contributed by atoms with Crippen LogP contribution in [-0.2, 0) is 7.05 Å². The Kier molecular flexibility index (Phi) is 3.02. The number of rotatable bonds is 2. The normalized spacial score (nSPS) is 10.9.